The lowest BCUT2D eigenvalue weighted by Crippen LogP contribution is -1.86. The van der Waals surface area contributed by atoms with Crippen LogP contribution < -0.4 is 0 Å². The Kier molecular flexibility index (Phi) is 3.24. The van der Waals surface area contributed by atoms with E-state index in [2.05, 4.69) is 37.8 Å². The standard InChI is InChI=1S/C10H12S/c1-3-9(2)11-10-7-5-4-6-8-10/h3-9H,1H2,2H3/t9-/m0/s1. The molecule has 0 radical (unpaired) electrons. The third kappa shape index (κ3) is 2.81. The van der Waals surface area contributed by atoms with Crippen LogP contribution in [0, 0.1) is 0 Å². The molecule has 0 amide bonds. The number of rotatable bonds is 3. The van der Waals surface area contributed by atoms with Gasteiger partial charge in [-0.2, -0.15) is 0 Å². The van der Waals surface area contributed by atoms with Crippen molar-refractivity contribution in [1.82, 2.24) is 0 Å². The first-order valence-electron chi connectivity index (χ1n) is 3.67. The van der Waals surface area contributed by atoms with Crippen LogP contribution in [0.25, 0.3) is 0 Å². The van der Waals surface area contributed by atoms with Crippen molar-refractivity contribution in [2.24, 2.45) is 0 Å². The highest BCUT2D eigenvalue weighted by molar-refractivity contribution is 8.00. The van der Waals surface area contributed by atoms with Gasteiger partial charge in [0.15, 0.2) is 0 Å². The summed E-state index contributed by atoms with van der Waals surface area (Å²) in [6.45, 7) is 5.88. The molecule has 0 aliphatic rings. The van der Waals surface area contributed by atoms with Crippen LogP contribution >= 0.6 is 11.8 Å². The van der Waals surface area contributed by atoms with Gasteiger partial charge in [0, 0.05) is 10.1 Å². The summed E-state index contributed by atoms with van der Waals surface area (Å²) in [6, 6.07) is 10.4. The molecule has 1 rings (SSSR count). The van der Waals surface area contributed by atoms with Gasteiger partial charge in [-0.3, -0.25) is 0 Å². The molecule has 0 fully saturated rings. The Bertz CT molecular complexity index is 216. The van der Waals surface area contributed by atoms with Crippen molar-refractivity contribution in [2.45, 2.75) is 17.1 Å². The fourth-order valence-corrected chi connectivity index (χ4v) is 1.60. The van der Waals surface area contributed by atoms with E-state index in [1.54, 1.807) is 0 Å². The van der Waals surface area contributed by atoms with Crippen LogP contribution in [0.15, 0.2) is 47.9 Å². The topological polar surface area (TPSA) is 0 Å². The fourth-order valence-electron chi connectivity index (χ4n) is 0.762. The quantitative estimate of drug-likeness (QED) is 0.487. The van der Waals surface area contributed by atoms with E-state index in [0.717, 1.165) is 0 Å². The van der Waals surface area contributed by atoms with E-state index in [9.17, 15) is 0 Å². The normalized spacial score (nSPS) is 12.5. The maximum absolute atomic E-state index is 3.74. The minimum absolute atomic E-state index is 0.498. The molecule has 0 aliphatic carbocycles. The molecular formula is C10H12S. The molecule has 0 aliphatic heterocycles. The van der Waals surface area contributed by atoms with Crippen molar-refractivity contribution in [3.05, 3.63) is 43.0 Å². The van der Waals surface area contributed by atoms with Crippen molar-refractivity contribution >= 4 is 11.8 Å². The Morgan fingerprint density at radius 3 is 2.55 bits per heavy atom. The molecular weight excluding hydrogens is 152 g/mol. The predicted molar refractivity (Wildman–Crippen MR) is 52.0 cm³/mol. The van der Waals surface area contributed by atoms with Crippen molar-refractivity contribution in [3.8, 4) is 0 Å². The lowest BCUT2D eigenvalue weighted by molar-refractivity contribution is 1.24. The third-order valence-electron chi connectivity index (χ3n) is 1.40. The average molecular weight is 164 g/mol. The predicted octanol–water partition coefficient (Wildman–Crippen LogP) is 3.35. The van der Waals surface area contributed by atoms with Gasteiger partial charge >= 0.3 is 0 Å². The Morgan fingerprint density at radius 2 is 2.00 bits per heavy atom. The monoisotopic (exact) mass is 164 g/mol. The summed E-state index contributed by atoms with van der Waals surface area (Å²) in [6.07, 6.45) is 1.96. The smallest absolute Gasteiger partial charge is 0.0243 e. The van der Waals surface area contributed by atoms with Gasteiger partial charge in [0.1, 0.15) is 0 Å². The van der Waals surface area contributed by atoms with Crippen molar-refractivity contribution in [2.75, 3.05) is 0 Å². The van der Waals surface area contributed by atoms with Crippen molar-refractivity contribution < 1.29 is 0 Å². The molecule has 11 heavy (non-hydrogen) atoms. The van der Waals surface area contributed by atoms with Crippen LogP contribution in [0.1, 0.15) is 6.92 Å². The summed E-state index contributed by atoms with van der Waals surface area (Å²) in [4.78, 5) is 1.31. The Balaban J connectivity index is 2.57. The molecule has 1 atom stereocenters. The molecule has 0 bridgehead atoms. The van der Waals surface area contributed by atoms with Gasteiger partial charge in [0.2, 0.25) is 0 Å². The van der Waals surface area contributed by atoms with Crippen LogP contribution in [-0.2, 0) is 0 Å². The van der Waals surface area contributed by atoms with Crippen LogP contribution in [0.3, 0.4) is 0 Å². The molecule has 0 saturated carbocycles. The van der Waals surface area contributed by atoms with Crippen molar-refractivity contribution in [3.63, 3.8) is 0 Å². The highest BCUT2D eigenvalue weighted by atomic mass is 32.2. The van der Waals surface area contributed by atoms with Gasteiger partial charge in [-0.25, -0.2) is 0 Å². The largest absolute Gasteiger partial charge is 0.119 e. The first-order chi connectivity index (χ1) is 5.33. The number of thioether (sulfide) groups is 1. The van der Waals surface area contributed by atoms with E-state index in [1.165, 1.54) is 4.90 Å². The van der Waals surface area contributed by atoms with Crippen LogP contribution in [-0.4, -0.2) is 5.25 Å². The SMILES string of the molecule is C=C[C@H](C)Sc1ccccc1. The average Bonchev–Trinajstić information content (AvgIpc) is 2.06. The molecule has 0 N–H and O–H groups in total. The summed E-state index contributed by atoms with van der Waals surface area (Å²) >= 11 is 1.83. The molecule has 0 spiro atoms. The van der Waals surface area contributed by atoms with Crippen LogP contribution in [0.4, 0.5) is 0 Å². The second-order valence-electron chi connectivity index (χ2n) is 2.37. The van der Waals surface area contributed by atoms with Gasteiger partial charge in [0.25, 0.3) is 0 Å². The highest BCUT2D eigenvalue weighted by Gasteiger charge is 1.96. The molecule has 1 aromatic rings. The van der Waals surface area contributed by atoms with Gasteiger partial charge in [-0.05, 0) is 19.1 Å². The second kappa shape index (κ2) is 4.24. The first-order valence-corrected chi connectivity index (χ1v) is 4.55. The lowest BCUT2D eigenvalue weighted by Gasteiger charge is -2.03. The van der Waals surface area contributed by atoms with E-state index in [-0.39, 0.29) is 0 Å². The van der Waals surface area contributed by atoms with Crippen LogP contribution in [0.5, 0.6) is 0 Å². The van der Waals surface area contributed by atoms with E-state index in [0.29, 0.717) is 5.25 Å². The summed E-state index contributed by atoms with van der Waals surface area (Å²) in [7, 11) is 0. The molecule has 0 unspecified atom stereocenters. The molecule has 1 heteroatoms. The van der Waals surface area contributed by atoms with E-state index < -0.39 is 0 Å². The zero-order valence-corrected chi connectivity index (χ0v) is 7.47. The molecule has 58 valence electrons. The second-order valence-corrected chi connectivity index (χ2v) is 3.82. The first kappa shape index (κ1) is 8.41. The Morgan fingerprint density at radius 1 is 1.36 bits per heavy atom. The Hall–Kier alpha value is -0.690. The summed E-state index contributed by atoms with van der Waals surface area (Å²) in [5.74, 6) is 0. The number of benzene rings is 1. The summed E-state index contributed by atoms with van der Waals surface area (Å²) in [5.41, 5.74) is 0. The molecule has 0 saturated heterocycles. The van der Waals surface area contributed by atoms with Gasteiger partial charge in [-0.15, -0.1) is 18.3 Å². The summed E-state index contributed by atoms with van der Waals surface area (Å²) < 4.78 is 0. The molecule has 1 aromatic carbocycles. The third-order valence-corrected chi connectivity index (χ3v) is 2.51. The van der Waals surface area contributed by atoms with E-state index in [4.69, 9.17) is 0 Å². The maximum Gasteiger partial charge on any atom is 0.0243 e. The molecule has 0 nitrogen and oxygen atoms in total. The fraction of sp³-hybridized carbons (Fsp3) is 0.200. The molecule has 0 heterocycles. The minimum Gasteiger partial charge on any atom is -0.119 e. The maximum atomic E-state index is 3.74. The number of hydrogen-bond donors (Lipinski definition) is 0. The van der Waals surface area contributed by atoms with Gasteiger partial charge in [-0.1, -0.05) is 24.3 Å². The van der Waals surface area contributed by atoms with E-state index >= 15 is 0 Å². The minimum atomic E-state index is 0.498. The van der Waals surface area contributed by atoms with E-state index in [1.807, 2.05) is 23.9 Å². The van der Waals surface area contributed by atoms with Gasteiger partial charge < -0.3 is 0 Å². The summed E-state index contributed by atoms with van der Waals surface area (Å²) in [5, 5.41) is 0.498. The van der Waals surface area contributed by atoms with Gasteiger partial charge in [0.05, 0.1) is 0 Å². The number of hydrogen-bond acceptors (Lipinski definition) is 1. The van der Waals surface area contributed by atoms with Crippen LogP contribution in [0.2, 0.25) is 0 Å². The Labute approximate surface area is 72.3 Å². The molecule has 0 aromatic heterocycles. The highest BCUT2D eigenvalue weighted by Crippen LogP contribution is 2.22. The zero-order valence-electron chi connectivity index (χ0n) is 6.66. The van der Waals surface area contributed by atoms with Crippen molar-refractivity contribution in [1.29, 1.82) is 0 Å². The lowest BCUT2D eigenvalue weighted by atomic mass is 10.4. The zero-order chi connectivity index (χ0) is 8.10.